The fourth-order valence-electron chi connectivity index (χ4n) is 1.57. The zero-order valence-electron chi connectivity index (χ0n) is 10.5. The van der Waals surface area contributed by atoms with Gasteiger partial charge < -0.3 is 10.5 Å². The minimum Gasteiger partial charge on any atom is -0.487 e. The molecule has 0 saturated carbocycles. The molecule has 2 aromatic rings. The number of pyridine rings is 1. The van der Waals surface area contributed by atoms with E-state index in [1.807, 2.05) is 31.2 Å². The molecule has 0 radical (unpaired) electrons. The molecule has 1 aromatic heterocycles. The Morgan fingerprint density at radius 3 is 2.79 bits per heavy atom. The van der Waals surface area contributed by atoms with Crippen molar-refractivity contribution in [3.63, 3.8) is 0 Å². The molecule has 0 aliphatic carbocycles. The van der Waals surface area contributed by atoms with Crippen LogP contribution in [0, 0.1) is 12.3 Å². The second-order valence-corrected chi connectivity index (χ2v) is 5.07. The number of nitrogens with zero attached hydrogens (tertiary/aromatic N) is 1. The van der Waals surface area contributed by atoms with Crippen LogP contribution < -0.4 is 10.5 Å². The highest BCUT2D eigenvalue weighted by atomic mass is 79.9. The summed E-state index contributed by atoms with van der Waals surface area (Å²) in [6.45, 7) is 2.34. The normalized spacial score (nSPS) is 10.2. The van der Waals surface area contributed by atoms with Crippen LogP contribution in [-0.4, -0.2) is 10.8 Å². The molecule has 1 aromatic carbocycles. The summed E-state index contributed by atoms with van der Waals surface area (Å²) in [5, 5.41) is 7.43. The van der Waals surface area contributed by atoms with Crippen LogP contribution in [0.3, 0.4) is 0 Å². The summed E-state index contributed by atoms with van der Waals surface area (Å²) < 4.78 is 6.66. The predicted molar refractivity (Wildman–Crippen MR) is 78.5 cm³/mol. The van der Waals surface area contributed by atoms with Crippen LogP contribution >= 0.6 is 15.9 Å². The van der Waals surface area contributed by atoms with E-state index in [4.69, 9.17) is 15.9 Å². The van der Waals surface area contributed by atoms with Crippen molar-refractivity contribution in [1.82, 2.24) is 4.98 Å². The van der Waals surface area contributed by atoms with Crippen molar-refractivity contribution in [2.24, 2.45) is 5.73 Å². The summed E-state index contributed by atoms with van der Waals surface area (Å²) in [4.78, 5) is 4.24. The summed E-state index contributed by atoms with van der Waals surface area (Å²) in [5.41, 5.74) is 7.97. The zero-order chi connectivity index (χ0) is 13.8. The van der Waals surface area contributed by atoms with Crippen molar-refractivity contribution in [3.8, 4) is 5.75 Å². The number of nitrogens with one attached hydrogen (secondary N) is 1. The molecule has 3 N–H and O–H groups in total. The maximum Gasteiger partial charge on any atom is 0.130 e. The first-order chi connectivity index (χ1) is 9.06. The van der Waals surface area contributed by atoms with Crippen LogP contribution in [0.5, 0.6) is 5.75 Å². The maximum atomic E-state index is 7.43. The van der Waals surface area contributed by atoms with E-state index in [1.165, 1.54) is 0 Å². The van der Waals surface area contributed by atoms with Gasteiger partial charge in [-0.25, -0.2) is 0 Å². The zero-order valence-corrected chi connectivity index (χ0v) is 12.1. The lowest BCUT2D eigenvalue weighted by Gasteiger charge is -2.10. The summed E-state index contributed by atoms with van der Waals surface area (Å²) in [6, 6.07) is 9.29. The molecule has 98 valence electrons. The monoisotopic (exact) mass is 319 g/mol. The number of benzene rings is 1. The number of hydrogen-bond donors (Lipinski definition) is 2. The number of amidine groups is 1. The number of aryl methyl sites for hydroxylation is 1. The molecule has 0 unspecified atom stereocenters. The Morgan fingerprint density at radius 1 is 1.37 bits per heavy atom. The van der Waals surface area contributed by atoms with Gasteiger partial charge in [0.05, 0.1) is 5.69 Å². The van der Waals surface area contributed by atoms with Crippen molar-refractivity contribution in [2.45, 2.75) is 13.5 Å². The Morgan fingerprint density at radius 2 is 2.16 bits per heavy atom. The molecule has 2 rings (SSSR count). The van der Waals surface area contributed by atoms with E-state index in [9.17, 15) is 0 Å². The van der Waals surface area contributed by atoms with Crippen LogP contribution in [0.15, 0.2) is 41.0 Å². The van der Waals surface area contributed by atoms with E-state index in [2.05, 4.69) is 20.9 Å². The second-order valence-electron chi connectivity index (χ2n) is 4.15. The Hall–Kier alpha value is -1.88. The van der Waals surface area contributed by atoms with Gasteiger partial charge in [-0.05, 0) is 46.6 Å². The van der Waals surface area contributed by atoms with Crippen molar-refractivity contribution >= 4 is 21.8 Å². The van der Waals surface area contributed by atoms with E-state index in [-0.39, 0.29) is 5.84 Å². The number of nitrogen functional groups attached to an aromatic ring is 1. The molecule has 0 atom stereocenters. The third-order valence-electron chi connectivity index (χ3n) is 2.66. The van der Waals surface area contributed by atoms with Gasteiger partial charge in [-0.1, -0.05) is 12.1 Å². The molecule has 0 spiro atoms. The van der Waals surface area contributed by atoms with Crippen LogP contribution in [0.25, 0.3) is 0 Å². The summed E-state index contributed by atoms with van der Waals surface area (Å²) >= 11 is 3.34. The number of nitrogens with two attached hydrogens (primary N) is 1. The number of ether oxygens (including phenoxy) is 1. The van der Waals surface area contributed by atoms with E-state index in [1.54, 1.807) is 12.3 Å². The SMILES string of the molecule is Cc1ccc(C(=N)N)cc1OCc1ccc(Br)cn1. The molecule has 1 heterocycles. The van der Waals surface area contributed by atoms with Crippen LogP contribution in [0.1, 0.15) is 16.8 Å². The quantitative estimate of drug-likeness (QED) is 0.672. The molecular formula is C14H14BrN3O. The Kier molecular flexibility index (Phi) is 4.16. The van der Waals surface area contributed by atoms with Crippen molar-refractivity contribution in [1.29, 1.82) is 5.41 Å². The summed E-state index contributed by atoms with van der Waals surface area (Å²) in [7, 11) is 0. The Labute approximate surface area is 120 Å². The fourth-order valence-corrected chi connectivity index (χ4v) is 1.80. The largest absolute Gasteiger partial charge is 0.487 e. The van der Waals surface area contributed by atoms with E-state index < -0.39 is 0 Å². The van der Waals surface area contributed by atoms with Gasteiger partial charge in [0.15, 0.2) is 0 Å². The number of aromatic nitrogens is 1. The molecule has 0 saturated heterocycles. The highest BCUT2D eigenvalue weighted by Gasteiger charge is 2.04. The molecule has 0 aliphatic rings. The number of rotatable bonds is 4. The van der Waals surface area contributed by atoms with Gasteiger partial charge in [-0.2, -0.15) is 0 Å². The first-order valence-corrected chi connectivity index (χ1v) is 6.54. The first-order valence-electron chi connectivity index (χ1n) is 5.74. The second kappa shape index (κ2) is 5.84. The van der Waals surface area contributed by atoms with Gasteiger partial charge in [0, 0.05) is 16.2 Å². The van der Waals surface area contributed by atoms with Gasteiger partial charge in [0.1, 0.15) is 18.2 Å². The van der Waals surface area contributed by atoms with Gasteiger partial charge in [0.25, 0.3) is 0 Å². The molecule has 0 amide bonds. The van der Waals surface area contributed by atoms with Gasteiger partial charge in [-0.15, -0.1) is 0 Å². The van der Waals surface area contributed by atoms with Gasteiger partial charge in [-0.3, -0.25) is 10.4 Å². The molecule has 5 heteroatoms. The average Bonchev–Trinajstić information content (AvgIpc) is 2.39. The fraction of sp³-hybridized carbons (Fsp3) is 0.143. The highest BCUT2D eigenvalue weighted by molar-refractivity contribution is 9.10. The lowest BCUT2D eigenvalue weighted by Crippen LogP contribution is -2.11. The first kappa shape index (κ1) is 13.5. The lowest BCUT2D eigenvalue weighted by molar-refractivity contribution is 0.299. The highest BCUT2D eigenvalue weighted by Crippen LogP contribution is 2.20. The molecule has 19 heavy (non-hydrogen) atoms. The smallest absolute Gasteiger partial charge is 0.130 e. The maximum absolute atomic E-state index is 7.43. The van der Waals surface area contributed by atoms with E-state index >= 15 is 0 Å². The van der Waals surface area contributed by atoms with Crippen molar-refractivity contribution in [3.05, 3.63) is 57.8 Å². The molecular weight excluding hydrogens is 306 g/mol. The summed E-state index contributed by atoms with van der Waals surface area (Å²) in [6.07, 6.45) is 1.73. The minimum atomic E-state index is 0.0339. The van der Waals surface area contributed by atoms with Crippen LogP contribution in [-0.2, 0) is 6.61 Å². The molecule has 0 bridgehead atoms. The molecule has 0 fully saturated rings. The van der Waals surface area contributed by atoms with Crippen LogP contribution in [0.4, 0.5) is 0 Å². The van der Waals surface area contributed by atoms with Gasteiger partial charge in [0.2, 0.25) is 0 Å². The summed E-state index contributed by atoms with van der Waals surface area (Å²) in [5.74, 6) is 0.754. The van der Waals surface area contributed by atoms with Crippen LogP contribution in [0.2, 0.25) is 0 Å². The van der Waals surface area contributed by atoms with E-state index in [0.29, 0.717) is 12.2 Å². The minimum absolute atomic E-state index is 0.0339. The lowest BCUT2D eigenvalue weighted by atomic mass is 10.1. The molecule has 4 nitrogen and oxygen atoms in total. The van der Waals surface area contributed by atoms with Crippen molar-refractivity contribution < 1.29 is 4.74 Å². The third kappa shape index (κ3) is 3.54. The predicted octanol–water partition coefficient (Wildman–Crippen LogP) is 3.02. The third-order valence-corrected chi connectivity index (χ3v) is 3.13. The molecule has 0 aliphatic heterocycles. The average molecular weight is 320 g/mol. The number of halogens is 1. The standard InChI is InChI=1S/C14H14BrN3O/c1-9-2-3-10(14(16)17)6-13(9)19-8-12-5-4-11(15)7-18-12/h2-7H,8H2,1H3,(H3,16,17). The van der Waals surface area contributed by atoms with Gasteiger partial charge >= 0.3 is 0 Å². The van der Waals surface area contributed by atoms with E-state index in [0.717, 1.165) is 21.5 Å². The topological polar surface area (TPSA) is 72.0 Å². The number of hydrogen-bond acceptors (Lipinski definition) is 3. The Balaban J connectivity index is 2.12. The van der Waals surface area contributed by atoms with Crippen molar-refractivity contribution in [2.75, 3.05) is 0 Å². The Bertz CT molecular complexity index is 596.